The maximum atomic E-state index is 12.2. The maximum absolute atomic E-state index is 12.2. The van der Waals surface area contributed by atoms with E-state index in [4.69, 9.17) is 11.6 Å². The van der Waals surface area contributed by atoms with Crippen LogP contribution in [0.1, 0.15) is 28.2 Å². The highest BCUT2D eigenvalue weighted by Crippen LogP contribution is 2.27. The minimum atomic E-state index is -0.158. The van der Waals surface area contributed by atoms with Crippen molar-refractivity contribution in [1.29, 1.82) is 0 Å². The number of hydrogen-bond acceptors (Lipinski definition) is 4. The van der Waals surface area contributed by atoms with Gasteiger partial charge < -0.3 is 10.6 Å². The fourth-order valence-corrected chi connectivity index (χ4v) is 2.76. The monoisotopic (exact) mass is 295 g/mol. The van der Waals surface area contributed by atoms with E-state index in [1.165, 1.54) is 11.3 Å². The normalized spacial score (nSPS) is 11.9. The van der Waals surface area contributed by atoms with E-state index in [0.717, 1.165) is 4.88 Å². The summed E-state index contributed by atoms with van der Waals surface area (Å²) in [4.78, 5) is 17.3. The highest BCUT2D eigenvalue weighted by Gasteiger charge is 2.15. The number of aromatic nitrogens is 1. The molecule has 1 atom stereocenters. The molecule has 0 aliphatic rings. The molecule has 2 N–H and O–H groups in total. The van der Waals surface area contributed by atoms with Gasteiger partial charge in [-0.15, -0.1) is 11.3 Å². The summed E-state index contributed by atoms with van der Waals surface area (Å²) in [6.45, 7) is 1.93. The van der Waals surface area contributed by atoms with E-state index in [9.17, 15) is 4.79 Å². The Bertz CT molecular complexity index is 585. The van der Waals surface area contributed by atoms with Crippen LogP contribution in [0.15, 0.2) is 30.5 Å². The van der Waals surface area contributed by atoms with Gasteiger partial charge in [0.25, 0.3) is 5.91 Å². The highest BCUT2D eigenvalue weighted by atomic mass is 35.5. The molecule has 2 aromatic rings. The Morgan fingerprint density at radius 3 is 2.84 bits per heavy atom. The molecule has 1 unspecified atom stereocenters. The molecule has 1 amide bonds. The van der Waals surface area contributed by atoms with Crippen molar-refractivity contribution in [3.8, 4) is 0 Å². The second kappa shape index (κ2) is 6.04. The zero-order valence-electron chi connectivity index (χ0n) is 10.6. The van der Waals surface area contributed by atoms with Gasteiger partial charge in [0.05, 0.1) is 15.9 Å². The number of hydrogen-bond donors (Lipinski definition) is 2. The van der Waals surface area contributed by atoms with Crippen LogP contribution in [-0.4, -0.2) is 17.9 Å². The summed E-state index contributed by atoms with van der Waals surface area (Å²) < 4.78 is 0.716. The van der Waals surface area contributed by atoms with Crippen LogP contribution < -0.4 is 10.6 Å². The van der Waals surface area contributed by atoms with Crippen LogP contribution >= 0.6 is 22.9 Å². The molecule has 0 radical (unpaired) electrons. The molecule has 6 heteroatoms. The van der Waals surface area contributed by atoms with Gasteiger partial charge in [0, 0.05) is 18.1 Å². The number of carbonyl (C=O) groups is 1. The van der Waals surface area contributed by atoms with Crippen LogP contribution in [0.5, 0.6) is 0 Å². The second-order valence-corrected chi connectivity index (χ2v) is 5.73. The Hall–Kier alpha value is -1.59. The van der Waals surface area contributed by atoms with Crippen LogP contribution in [-0.2, 0) is 0 Å². The zero-order valence-corrected chi connectivity index (χ0v) is 12.2. The van der Waals surface area contributed by atoms with Gasteiger partial charge in [-0.05, 0) is 31.2 Å². The van der Waals surface area contributed by atoms with Gasteiger partial charge in [-0.2, -0.15) is 0 Å². The molecule has 0 fully saturated rings. The Morgan fingerprint density at radius 1 is 1.42 bits per heavy atom. The van der Waals surface area contributed by atoms with Crippen molar-refractivity contribution < 1.29 is 4.79 Å². The molecular weight excluding hydrogens is 282 g/mol. The van der Waals surface area contributed by atoms with Crippen LogP contribution in [0.4, 0.5) is 5.82 Å². The number of anilines is 1. The topological polar surface area (TPSA) is 54.0 Å². The fraction of sp³-hybridized carbons (Fsp3) is 0.231. The van der Waals surface area contributed by atoms with Gasteiger partial charge in [0.1, 0.15) is 5.82 Å². The smallest absolute Gasteiger partial charge is 0.255 e. The number of pyridine rings is 1. The molecule has 2 heterocycles. The summed E-state index contributed by atoms with van der Waals surface area (Å²) in [5.74, 6) is 0.408. The molecule has 4 nitrogen and oxygen atoms in total. The average molecular weight is 296 g/mol. The molecule has 19 heavy (non-hydrogen) atoms. The Labute approximate surface area is 120 Å². The Kier molecular flexibility index (Phi) is 4.39. The highest BCUT2D eigenvalue weighted by molar-refractivity contribution is 7.16. The first-order valence-electron chi connectivity index (χ1n) is 5.80. The third-order valence-electron chi connectivity index (χ3n) is 2.66. The first-order chi connectivity index (χ1) is 9.11. The van der Waals surface area contributed by atoms with Crippen molar-refractivity contribution in [2.45, 2.75) is 13.0 Å². The van der Waals surface area contributed by atoms with E-state index < -0.39 is 0 Å². The molecule has 100 valence electrons. The molecule has 2 rings (SSSR count). The summed E-state index contributed by atoms with van der Waals surface area (Å²) in [6, 6.07) is 7.13. The molecular formula is C13H14ClN3OS. The van der Waals surface area contributed by atoms with E-state index in [1.807, 2.05) is 19.1 Å². The minimum Gasteiger partial charge on any atom is -0.372 e. The lowest BCUT2D eigenvalue weighted by molar-refractivity contribution is 0.0941. The van der Waals surface area contributed by atoms with E-state index in [0.29, 0.717) is 15.7 Å². The van der Waals surface area contributed by atoms with Gasteiger partial charge in [0.15, 0.2) is 0 Å². The number of nitrogens with one attached hydrogen (secondary N) is 2. The number of carbonyl (C=O) groups excluding carboxylic acids is 1. The molecule has 0 aromatic carbocycles. The Morgan fingerprint density at radius 2 is 2.21 bits per heavy atom. The average Bonchev–Trinajstić information content (AvgIpc) is 2.85. The van der Waals surface area contributed by atoms with E-state index >= 15 is 0 Å². The summed E-state index contributed by atoms with van der Waals surface area (Å²) in [6.07, 6.45) is 1.64. The summed E-state index contributed by atoms with van der Waals surface area (Å²) in [5, 5.41) is 5.84. The van der Waals surface area contributed by atoms with Crippen molar-refractivity contribution in [3.63, 3.8) is 0 Å². The van der Waals surface area contributed by atoms with Gasteiger partial charge in [-0.1, -0.05) is 11.6 Å². The van der Waals surface area contributed by atoms with Crippen molar-refractivity contribution in [3.05, 3.63) is 45.2 Å². The molecule has 0 aliphatic heterocycles. The standard InChI is InChI=1S/C13H14ClN3OS/c1-8(10-5-6-11(14)19-10)17-13(18)9-4-3-7-16-12(9)15-2/h3-8H,1-2H3,(H,15,16)(H,17,18). The molecule has 0 aliphatic carbocycles. The van der Waals surface area contributed by atoms with Gasteiger partial charge >= 0.3 is 0 Å². The summed E-state index contributed by atoms with van der Waals surface area (Å²) in [7, 11) is 1.74. The van der Waals surface area contributed by atoms with Crippen LogP contribution in [0.25, 0.3) is 0 Å². The summed E-state index contributed by atoms with van der Waals surface area (Å²) >= 11 is 7.35. The molecule has 0 saturated heterocycles. The number of amides is 1. The van der Waals surface area contributed by atoms with Gasteiger partial charge in [0.2, 0.25) is 0 Å². The number of nitrogens with zero attached hydrogens (tertiary/aromatic N) is 1. The number of rotatable bonds is 4. The first-order valence-corrected chi connectivity index (χ1v) is 7.00. The first kappa shape index (κ1) is 13.8. The molecule has 0 saturated carbocycles. The maximum Gasteiger partial charge on any atom is 0.255 e. The van der Waals surface area contributed by atoms with E-state index in [-0.39, 0.29) is 11.9 Å². The molecule has 2 aromatic heterocycles. The third kappa shape index (κ3) is 3.24. The Balaban J connectivity index is 2.12. The SMILES string of the molecule is CNc1ncccc1C(=O)NC(C)c1ccc(Cl)s1. The molecule has 0 spiro atoms. The molecule has 0 bridgehead atoms. The van der Waals surface area contributed by atoms with Crippen LogP contribution in [0.2, 0.25) is 4.34 Å². The lowest BCUT2D eigenvalue weighted by Gasteiger charge is -2.13. The van der Waals surface area contributed by atoms with Crippen LogP contribution in [0, 0.1) is 0 Å². The quantitative estimate of drug-likeness (QED) is 0.910. The fourth-order valence-electron chi connectivity index (χ4n) is 1.69. The van der Waals surface area contributed by atoms with Crippen molar-refractivity contribution in [2.75, 3.05) is 12.4 Å². The predicted molar refractivity (Wildman–Crippen MR) is 79.0 cm³/mol. The number of thiophene rings is 1. The second-order valence-electron chi connectivity index (χ2n) is 3.99. The lowest BCUT2D eigenvalue weighted by Crippen LogP contribution is -2.27. The third-order valence-corrected chi connectivity index (χ3v) is 4.07. The zero-order chi connectivity index (χ0) is 13.8. The lowest BCUT2D eigenvalue weighted by atomic mass is 10.2. The van der Waals surface area contributed by atoms with Crippen molar-refractivity contribution >= 4 is 34.7 Å². The van der Waals surface area contributed by atoms with E-state index in [1.54, 1.807) is 25.4 Å². The van der Waals surface area contributed by atoms with Gasteiger partial charge in [-0.3, -0.25) is 4.79 Å². The minimum absolute atomic E-state index is 0.0880. The predicted octanol–water partition coefficient (Wildman–Crippen LogP) is 3.33. The largest absolute Gasteiger partial charge is 0.372 e. The van der Waals surface area contributed by atoms with Crippen LogP contribution in [0.3, 0.4) is 0 Å². The van der Waals surface area contributed by atoms with Gasteiger partial charge in [-0.25, -0.2) is 4.98 Å². The number of halogens is 1. The van der Waals surface area contributed by atoms with Crippen molar-refractivity contribution in [2.24, 2.45) is 0 Å². The van der Waals surface area contributed by atoms with Crippen molar-refractivity contribution in [1.82, 2.24) is 10.3 Å². The van der Waals surface area contributed by atoms with E-state index in [2.05, 4.69) is 15.6 Å². The summed E-state index contributed by atoms with van der Waals surface area (Å²) in [5.41, 5.74) is 0.527.